The summed E-state index contributed by atoms with van der Waals surface area (Å²) in [6.07, 6.45) is 1.93. The number of hydrogen-bond acceptors (Lipinski definition) is 5. The molecule has 19 heavy (non-hydrogen) atoms. The molecule has 0 saturated heterocycles. The average molecular weight is 277 g/mol. The van der Waals surface area contributed by atoms with Gasteiger partial charge in [-0.15, -0.1) is 11.3 Å². The summed E-state index contributed by atoms with van der Waals surface area (Å²) < 4.78 is 0. The van der Waals surface area contributed by atoms with E-state index in [0.29, 0.717) is 17.9 Å². The number of hydrogen-bond donors (Lipinski definition) is 1. The molecule has 2 aromatic heterocycles. The highest BCUT2D eigenvalue weighted by atomic mass is 32.1. The Labute approximate surface area is 115 Å². The zero-order valence-electron chi connectivity index (χ0n) is 11.0. The van der Waals surface area contributed by atoms with Crippen LogP contribution in [-0.2, 0) is 6.42 Å². The first-order valence-corrected chi connectivity index (χ1v) is 6.85. The van der Waals surface area contributed by atoms with Crippen LogP contribution in [0.15, 0.2) is 11.6 Å². The molecule has 0 aliphatic carbocycles. The van der Waals surface area contributed by atoms with E-state index in [0.717, 1.165) is 10.7 Å². The summed E-state index contributed by atoms with van der Waals surface area (Å²) in [5, 5.41) is 12.0. The number of carboxylic acids is 1. The van der Waals surface area contributed by atoms with Crippen LogP contribution < -0.4 is 0 Å². The van der Waals surface area contributed by atoms with Crippen molar-refractivity contribution in [3.63, 3.8) is 0 Å². The molecule has 0 fully saturated rings. The Morgan fingerprint density at radius 3 is 2.68 bits per heavy atom. The van der Waals surface area contributed by atoms with Crippen LogP contribution in [0.4, 0.5) is 0 Å². The summed E-state index contributed by atoms with van der Waals surface area (Å²) in [7, 11) is 0. The fourth-order valence-corrected chi connectivity index (χ4v) is 2.51. The predicted molar refractivity (Wildman–Crippen MR) is 72.7 cm³/mol. The molecule has 6 heteroatoms. The van der Waals surface area contributed by atoms with Gasteiger partial charge in [0.25, 0.3) is 0 Å². The van der Waals surface area contributed by atoms with Crippen LogP contribution in [0.25, 0.3) is 0 Å². The van der Waals surface area contributed by atoms with E-state index < -0.39 is 5.97 Å². The first-order chi connectivity index (χ1) is 8.97. The van der Waals surface area contributed by atoms with Crippen molar-refractivity contribution in [1.29, 1.82) is 0 Å². The normalized spacial score (nSPS) is 10.9. The average Bonchev–Trinajstić information content (AvgIpc) is 2.74. The van der Waals surface area contributed by atoms with Gasteiger partial charge in [-0.25, -0.2) is 19.7 Å². The Morgan fingerprint density at radius 2 is 2.16 bits per heavy atom. The molecule has 0 bridgehead atoms. The molecule has 0 radical (unpaired) electrons. The number of aryl methyl sites for hydroxylation is 1. The van der Waals surface area contributed by atoms with Crippen LogP contribution in [0.2, 0.25) is 0 Å². The minimum absolute atomic E-state index is 0.0471. The van der Waals surface area contributed by atoms with E-state index in [9.17, 15) is 4.79 Å². The highest BCUT2D eigenvalue weighted by Crippen LogP contribution is 2.18. The predicted octanol–water partition coefficient (Wildman–Crippen LogP) is 2.65. The summed E-state index contributed by atoms with van der Waals surface area (Å²) in [5.74, 6) is -0.325. The molecular formula is C13H15N3O2S. The fraction of sp³-hybridized carbons (Fsp3) is 0.385. The summed E-state index contributed by atoms with van der Waals surface area (Å²) in [6, 6.07) is 0. The van der Waals surface area contributed by atoms with Gasteiger partial charge in [-0.2, -0.15) is 0 Å². The Balaban J connectivity index is 2.32. The van der Waals surface area contributed by atoms with Crippen molar-refractivity contribution in [1.82, 2.24) is 15.0 Å². The number of nitrogens with zero attached hydrogens (tertiary/aromatic N) is 3. The molecule has 0 aliphatic heterocycles. The topological polar surface area (TPSA) is 76.0 Å². The van der Waals surface area contributed by atoms with Gasteiger partial charge >= 0.3 is 5.97 Å². The molecule has 5 nitrogen and oxygen atoms in total. The van der Waals surface area contributed by atoms with E-state index in [4.69, 9.17) is 5.11 Å². The van der Waals surface area contributed by atoms with E-state index in [1.54, 1.807) is 11.3 Å². The molecule has 0 spiro atoms. The van der Waals surface area contributed by atoms with E-state index >= 15 is 0 Å². The van der Waals surface area contributed by atoms with Crippen LogP contribution in [0, 0.1) is 6.92 Å². The first kappa shape index (κ1) is 13.6. The summed E-state index contributed by atoms with van der Waals surface area (Å²) in [4.78, 5) is 24.0. The molecule has 100 valence electrons. The van der Waals surface area contributed by atoms with E-state index in [-0.39, 0.29) is 11.5 Å². The van der Waals surface area contributed by atoms with Crippen LogP contribution >= 0.6 is 11.3 Å². The van der Waals surface area contributed by atoms with Crippen molar-refractivity contribution < 1.29 is 9.90 Å². The third-order valence-electron chi connectivity index (χ3n) is 2.62. The standard InChI is InChI=1S/C13H15N3O2S/c1-7(2)12-9(13(17)18)5-14-10(16-12)4-11-15-8(3)6-19-11/h5-7H,4H2,1-3H3,(H,17,18). The zero-order chi connectivity index (χ0) is 14.0. The maximum absolute atomic E-state index is 11.1. The second-order valence-electron chi connectivity index (χ2n) is 4.60. The Bertz CT molecular complexity index is 608. The number of rotatable bonds is 4. The number of carboxylic acid groups (broad SMARTS) is 1. The van der Waals surface area contributed by atoms with Gasteiger partial charge in [0, 0.05) is 17.3 Å². The Kier molecular flexibility index (Phi) is 3.90. The van der Waals surface area contributed by atoms with Crippen molar-refractivity contribution in [2.24, 2.45) is 0 Å². The van der Waals surface area contributed by atoms with Crippen LogP contribution in [-0.4, -0.2) is 26.0 Å². The lowest BCUT2D eigenvalue weighted by atomic mass is 10.1. The third kappa shape index (κ3) is 3.14. The molecule has 0 amide bonds. The fourth-order valence-electron chi connectivity index (χ4n) is 1.74. The van der Waals surface area contributed by atoms with Gasteiger partial charge in [0.05, 0.1) is 17.7 Å². The van der Waals surface area contributed by atoms with Gasteiger partial charge < -0.3 is 5.11 Å². The second-order valence-corrected chi connectivity index (χ2v) is 5.55. The number of thiazole rings is 1. The van der Waals surface area contributed by atoms with Crippen molar-refractivity contribution in [2.45, 2.75) is 33.1 Å². The van der Waals surface area contributed by atoms with Gasteiger partial charge in [-0.05, 0) is 12.8 Å². The molecule has 2 rings (SSSR count). The van der Waals surface area contributed by atoms with Crippen molar-refractivity contribution >= 4 is 17.3 Å². The first-order valence-electron chi connectivity index (χ1n) is 5.97. The van der Waals surface area contributed by atoms with E-state index in [1.165, 1.54) is 6.20 Å². The number of aromatic nitrogens is 3. The summed E-state index contributed by atoms with van der Waals surface area (Å²) in [5.41, 5.74) is 1.73. The molecule has 2 heterocycles. The zero-order valence-corrected chi connectivity index (χ0v) is 11.9. The summed E-state index contributed by atoms with van der Waals surface area (Å²) in [6.45, 7) is 5.78. The van der Waals surface area contributed by atoms with Crippen molar-refractivity contribution in [3.8, 4) is 0 Å². The smallest absolute Gasteiger partial charge is 0.339 e. The van der Waals surface area contributed by atoms with Gasteiger partial charge in [0.2, 0.25) is 0 Å². The van der Waals surface area contributed by atoms with Crippen molar-refractivity contribution in [3.05, 3.63) is 39.4 Å². The quantitative estimate of drug-likeness (QED) is 0.929. The molecule has 0 aromatic carbocycles. The van der Waals surface area contributed by atoms with Crippen LogP contribution in [0.3, 0.4) is 0 Å². The highest BCUT2D eigenvalue weighted by molar-refractivity contribution is 7.09. The second kappa shape index (κ2) is 5.44. The maximum atomic E-state index is 11.1. The monoisotopic (exact) mass is 277 g/mol. The lowest BCUT2D eigenvalue weighted by Crippen LogP contribution is -2.10. The number of carbonyl (C=O) groups is 1. The highest BCUT2D eigenvalue weighted by Gasteiger charge is 2.16. The Hall–Kier alpha value is -1.82. The van der Waals surface area contributed by atoms with Gasteiger partial charge in [0.15, 0.2) is 0 Å². The Morgan fingerprint density at radius 1 is 1.42 bits per heavy atom. The lowest BCUT2D eigenvalue weighted by Gasteiger charge is -2.09. The molecule has 1 N–H and O–H groups in total. The maximum Gasteiger partial charge on any atom is 0.339 e. The van der Waals surface area contributed by atoms with Crippen LogP contribution in [0.5, 0.6) is 0 Å². The number of aromatic carboxylic acids is 1. The summed E-state index contributed by atoms with van der Waals surface area (Å²) >= 11 is 1.56. The molecule has 0 atom stereocenters. The third-order valence-corrected chi connectivity index (χ3v) is 3.59. The van der Waals surface area contributed by atoms with Crippen molar-refractivity contribution in [2.75, 3.05) is 0 Å². The molecule has 2 aromatic rings. The molecule has 0 aliphatic rings. The minimum atomic E-state index is -0.986. The van der Waals surface area contributed by atoms with Gasteiger partial charge in [-0.3, -0.25) is 0 Å². The molecule has 0 saturated carbocycles. The van der Waals surface area contributed by atoms with E-state index in [2.05, 4.69) is 15.0 Å². The van der Waals surface area contributed by atoms with Crippen LogP contribution in [0.1, 0.15) is 52.3 Å². The lowest BCUT2D eigenvalue weighted by molar-refractivity contribution is 0.0694. The van der Waals surface area contributed by atoms with Gasteiger partial charge in [0.1, 0.15) is 10.8 Å². The SMILES string of the molecule is Cc1csc(Cc2ncc(C(=O)O)c(C(C)C)n2)n1. The molecular weight excluding hydrogens is 262 g/mol. The van der Waals surface area contributed by atoms with Gasteiger partial charge in [-0.1, -0.05) is 13.8 Å². The van der Waals surface area contributed by atoms with E-state index in [1.807, 2.05) is 26.2 Å². The minimum Gasteiger partial charge on any atom is -0.478 e. The largest absolute Gasteiger partial charge is 0.478 e. The molecule has 0 unspecified atom stereocenters.